The number of hydrogen-bond acceptors (Lipinski definition) is 6. The first-order valence-electron chi connectivity index (χ1n) is 6.28. The molecule has 0 spiro atoms. The van der Waals surface area contributed by atoms with Crippen LogP contribution in [0.3, 0.4) is 0 Å². The van der Waals surface area contributed by atoms with Crippen molar-refractivity contribution in [2.75, 3.05) is 6.61 Å². The Morgan fingerprint density at radius 3 is 2.17 bits per heavy atom. The van der Waals surface area contributed by atoms with Gasteiger partial charge in [0.2, 0.25) is 0 Å². The van der Waals surface area contributed by atoms with Crippen molar-refractivity contribution in [2.24, 2.45) is 0 Å². The van der Waals surface area contributed by atoms with Gasteiger partial charge < -0.3 is 28.8 Å². The van der Waals surface area contributed by atoms with Crippen molar-refractivity contribution in [3.63, 3.8) is 0 Å². The third kappa shape index (κ3) is 2.07. The molecule has 3 saturated heterocycles. The van der Waals surface area contributed by atoms with Crippen LogP contribution in [-0.2, 0) is 23.7 Å². The monoisotopic (exact) mass is 260 g/mol. The summed E-state index contributed by atoms with van der Waals surface area (Å²) in [6.07, 6.45) is -2.38. The van der Waals surface area contributed by atoms with Gasteiger partial charge in [0, 0.05) is 0 Å². The molecule has 6 heteroatoms. The van der Waals surface area contributed by atoms with Crippen LogP contribution in [0.2, 0.25) is 0 Å². The number of rotatable bonds is 1. The summed E-state index contributed by atoms with van der Waals surface area (Å²) in [6.45, 7) is 7.78. The molecule has 3 fully saturated rings. The third-order valence-electron chi connectivity index (χ3n) is 3.46. The van der Waals surface area contributed by atoms with Gasteiger partial charge in [-0.3, -0.25) is 0 Å². The smallest absolute Gasteiger partial charge is 0.184 e. The van der Waals surface area contributed by atoms with Gasteiger partial charge in [-0.1, -0.05) is 0 Å². The molecule has 6 nitrogen and oxygen atoms in total. The standard InChI is InChI=1S/C12H20O6/c1-11(2)14-5-6(16-11)7-8-9(10(13)15-7)18-12(3,4)17-8/h6-10,13H,5H2,1-4H3/t6?,7-,8-,9?,10+/m1/s1. The first kappa shape index (κ1) is 12.8. The van der Waals surface area contributed by atoms with Gasteiger partial charge in [0.1, 0.15) is 24.4 Å². The minimum atomic E-state index is -0.978. The summed E-state index contributed by atoms with van der Waals surface area (Å²) in [5.74, 6) is -1.32. The number of hydrogen-bond donors (Lipinski definition) is 1. The number of aliphatic hydroxyl groups is 1. The van der Waals surface area contributed by atoms with Crippen LogP contribution in [0, 0.1) is 0 Å². The van der Waals surface area contributed by atoms with Crippen LogP contribution < -0.4 is 0 Å². The van der Waals surface area contributed by atoms with E-state index in [4.69, 9.17) is 23.7 Å². The molecule has 0 bridgehead atoms. The molecule has 0 aromatic rings. The summed E-state index contributed by atoms with van der Waals surface area (Å²) in [4.78, 5) is 0. The van der Waals surface area contributed by atoms with Gasteiger partial charge in [-0.15, -0.1) is 0 Å². The van der Waals surface area contributed by atoms with Crippen LogP contribution in [-0.4, -0.2) is 54.0 Å². The van der Waals surface area contributed by atoms with Gasteiger partial charge in [-0.05, 0) is 27.7 Å². The van der Waals surface area contributed by atoms with E-state index in [1.807, 2.05) is 27.7 Å². The lowest BCUT2D eigenvalue weighted by Crippen LogP contribution is -2.40. The molecule has 3 heterocycles. The van der Waals surface area contributed by atoms with E-state index in [9.17, 15) is 5.11 Å². The molecular weight excluding hydrogens is 240 g/mol. The fourth-order valence-electron chi connectivity index (χ4n) is 2.78. The topological polar surface area (TPSA) is 66.4 Å². The van der Waals surface area contributed by atoms with Crippen LogP contribution in [0.15, 0.2) is 0 Å². The molecule has 5 atom stereocenters. The van der Waals surface area contributed by atoms with Crippen molar-refractivity contribution in [3.8, 4) is 0 Å². The van der Waals surface area contributed by atoms with Crippen LogP contribution in [0.5, 0.6) is 0 Å². The Kier molecular flexibility index (Phi) is 2.75. The van der Waals surface area contributed by atoms with Crippen molar-refractivity contribution < 1.29 is 28.8 Å². The summed E-state index contributed by atoms with van der Waals surface area (Å²) < 4.78 is 28.2. The molecular formula is C12H20O6. The second kappa shape index (κ2) is 3.88. The molecule has 3 aliphatic rings. The summed E-state index contributed by atoms with van der Waals surface area (Å²) in [5, 5.41) is 9.87. The van der Waals surface area contributed by atoms with Crippen molar-refractivity contribution >= 4 is 0 Å². The van der Waals surface area contributed by atoms with Gasteiger partial charge in [-0.25, -0.2) is 0 Å². The van der Waals surface area contributed by atoms with Crippen molar-refractivity contribution in [3.05, 3.63) is 0 Å². The van der Waals surface area contributed by atoms with Crippen molar-refractivity contribution in [2.45, 2.75) is 70.0 Å². The van der Waals surface area contributed by atoms with Crippen LogP contribution in [0.25, 0.3) is 0 Å². The second-order valence-electron chi connectivity index (χ2n) is 5.92. The van der Waals surface area contributed by atoms with Gasteiger partial charge in [0.05, 0.1) is 6.61 Å². The number of aliphatic hydroxyl groups excluding tert-OH is 1. The van der Waals surface area contributed by atoms with E-state index in [1.165, 1.54) is 0 Å². The first-order valence-corrected chi connectivity index (χ1v) is 6.28. The molecule has 3 rings (SSSR count). The third-order valence-corrected chi connectivity index (χ3v) is 3.46. The quantitative estimate of drug-likeness (QED) is 0.735. The van der Waals surface area contributed by atoms with Crippen LogP contribution in [0.4, 0.5) is 0 Å². The lowest BCUT2D eigenvalue weighted by atomic mass is 10.1. The largest absolute Gasteiger partial charge is 0.366 e. The minimum Gasteiger partial charge on any atom is -0.366 e. The Hall–Kier alpha value is -0.240. The molecule has 1 N–H and O–H groups in total. The molecule has 18 heavy (non-hydrogen) atoms. The maximum atomic E-state index is 9.87. The molecule has 2 unspecified atom stereocenters. The second-order valence-corrected chi connectivity index (χ2v) is 5.92. The van der Waals surface area contributed by atoms with Gasteiger partial charge >= 0.3 is 0 Å². The highest BCUT2D eigenvalue weighted by atomic mass is 16.8. The molecule has 0 amide bonds. The zero-order valence-corrected chi connectivity index (χ0v) is 11.1. The summed E-state index contributed by atoms with van der Waals surface area (Å²) in [5.41, 5.74) is 0. The Bertz CT molecular complexity index is 341. The van der Waals surface area contributed by atoms with E-state index in [0.29, 0.717) is 6.61 Å². The van der Waals surface area contributed by atoms with Gasteiger partial charge in [0.15, 0.2) is 17.9 Å². The molecule has 3 aliphatic heterocycles. The van der Waals surface area contributed by atoms with Gasteiger partial charge in [-0.2, -0.15) is 0 Å². The van der Waals surface area contributed by atoms with Crippen LogP contribution in [0.1, 0.15) is 27.7 Å². The van der Waals surface area contributed by atoms with Crippen molar-refractivity contribution in [1.29, 1.82) is 0 Å². The molecule has 0 radical (unpaired) electrons. The zero-order valence-electron chi connectivity index (χ0n) is 11.1. The fraction of sp³-hybridized carbons (Fsp3) is 1.00. The maximum Gasteiger partial charge on any atom is 0.184 e. The average molecular weight is 260 g/mol. The van der Waals surface area contributed by atoms with Crippen molar-refractivity contribution in [1.82, 2.24) is 0 Å². The highest BCUT2D eigenvalue weighted by Gasteiger charge is 2.58. The molecule has 0 aromatic carbocycles. The predicted octanol–water partition coefficient (Wildman–Crippen LogP) is 0.375. The van der Waals surface area contributed by atoms with Crippen LogP contribution >= 0.6 is 0 Å². The molecule has 0 aromatic heterocycles. The lowest BCUT2D eigenvalue weighted by Gasteiger charge is -2.26. The Labute approximate surface area is 106 Å². The van der Waals surface area contributed by atoms with Gasteiger partial charge in [0.25, 0.3) is 0 Å². The number of ether oxygens (including phenoxy) is 5. The first-order chi connectivity index (χ1) is 8.27. The zero-order chi connectivity index (χ0) is 13.1. The summed E-state index contributed by atoms with van der Waals surface area (Å²) in [7, 11) is 0. The molecule has 0 saturated carbocycles. The molecule has 0 aliphatic carbocycles. The number of fused-ring (bicyclic) bond motifs is 1. The van der Waals surface area contributed by atoms with E-state index in [-0.39, 0.29) is 18.3 Å². The predicted molar refractivity (Wildman–Crippen MR) is 59.6 cm³/mol. The minimum absolute atomic E-state index is 0.248. The van der Waals surface area contributed by atoms with E-state index in [0.717, 1.165) is 0 Å². The average Bonchev–Trinajstić information content (AvgIpc) is 2.81. The highest BCUT2D eigenvalue weighted by Crippen LogP contribution is 2.41. The van der Waals surface area contributed by atoms with E-state index in [2.05, 4.69) is 0 Å². The SMILES string of the molecule is CC1(C)OCC([C@H]2O[C@H](O)C3OC(C)(C)O[C@@H]32)O1. The Morgan fingerprint density at radius 2 is 1.56 bits per heavy atom. The fourth-order valence-corrected chi connectivity index (χ4v) is 2.78. The normalized spacial score (nSPS) is 49.5. The summed E-state index contributed by atoms with van der Waals surface area (Å²) in [6, 6.07) is 0. The Morgan fingerprint density at radius 1 is 0.889 bits per heavy atom. The maximum absolute atomic E-state index is 9.87. The Balaban J connectivity index is 1.75. The van der Waals surface area contributed by atoms with E-state index in [1.54, 1.807) is 0 Å². The summed E-state index contributed by atoms with van der Waals surface area (Å²) >= 11 is 0. The molecule has 104 valence electrons. The van der Waals surface area contributed by atoms with E-state index >= 15 is 0 Å². The van der Waals surface area contributed by atoms with E-state index < -0.39 is 24.0 Å². The lowest BCUT2D eigenvalue weighted by molar-refractivity contribution is -0.236. The highest BCUT2D eigenvalue weighted by molar-refractivity contribution is 4.99.